The van der Waals surface area contributed by atoms with Crippen molar-refractivity contribution < 1.29 is 19.3 Å². The molecule has 0 heterocycles. The molecule has 0 aliphatic carbocycles. The van der Waals surface area contributed by atoms with Gasteiger partial charge in [0.1, 0.15) is 18.5 Å². The Labute approximate surface area is 166 Å². The van der Waals surface area contributed by atoms with E-state index in [1.807, 2.05) is 55.3 Å². The van der Waals surface area contributed by atoms with E-state index in [-0.39, 0.29) is 6.61 Å². The molecule has 0 amide bonds. The third-order valence-corrected chi connectivity index (χ3v) is 4.45. The van der Waals surface area contributed by atoms with Gasteiger partial charge < -0.3 is 19.3 Å². The number of aliphatic hydroxyl groups excluding tert-OH is 1. The number of aryl methyl sites for hydroxylation is 1. The third-order valence-electron chi connectivity index (χ3n) is 4.45. The summed E-state index contributed by atoms with van der Waals surface area (Å²) in [4.78, 5) is 2.04. The molecule has 2 rings (SSSR count). The zero-order chi connectivity index (χ0) is 20.5. The fraction of sp³-hybridized carbons (Fsp3) is 0.409. The number of nitrogens with zero attached hydrogens (tertiary/aromatic N) is 2. The molecule has 0 aliphatic heterocycles. The molecule has 0 radical (unpaired) electrons. The smallest absolute Gasteiger partial charge is 0.161 e. The number of hydrogen-bond donors (Lipinski definition) is 1. The molecule has 6 nitrogen and oxygen atoms in total. The molecule has 0 saturated carbocycles. The first-order valence-electron chi connectivity index (χ1n) is 9.13. The predicted molar refractivity (Wildman–Crippen MR) is 108 cm³/mol. The Morgan fingerprint density at radius 3 is 2.36 bits per heavy atom. The molecule has 0 bridgehead atoms. The summed E-state index contributed by atoms with van der Waals surface area (Å²) in [6.07, 6.45) is -0.243. The van der Waals surface area contributed by atoms with Crippen LogP contribution in [0.1, 0.15) is 16.7 Å². The first kappa shape index (κ1) is 21.5. The van der Waals surface area contributed by atoms with E-state index in [2.05, 4.69) is 6.07 Å². The first-order valence-corrected chi connectivity index (χ1v) is 9.13. The van der Waals surface area contributed by atoms with Crippen LogP contribution in [0.2, 0.25) is 0 Å². The van der Waals surface area contributed by atoms with E-state index in [9.17, 15) is 5.11 Å². The lowest BCUT2D eigenvalue weighted by Crippen LogP contribution is -2.33. The average Bonchev–Trinajstić information content (AvgIpc) is 2.68. The Kier molecular flexibility index (Phi) is 8.12. The second-order valence-corrected chi connectivity index (χ2v) is 6.77. The van der Waals surface area contributed by atoms with Crippen LogP contribution in [0.25, 0.3) is 0 Å². The Bertz CT molecular complexity index is 799. The molecule has 2 aromatic rings. The molecule has 28 heavy (non-hydrogen) atoms. The van der Waals surface area contributed by atoms with Crippen LogP contribution in [0.4, 0.5) is 0 Å². The monoisotopic (exact) mass is 384 g/mol. The van der Waals surface area contributed by atoms with Crippen molar-refractivity contribution in [1.29, 1.82) is 5.26 Å². The van der Waals surface area contributed by atoms with E-state index in [4.69, 9.17) is 19.5 Å². The number of hydrogen-bond acceptors (Lipinski definition) is 6. The number of rotatable bonds is 10. The lowest BCUT2D eigenvalue weighted by Gasteiger charge is -2.22. The summed E-state index contributed by atoms with van der Waals surface area (Å²) >= 11 is 0. The molecule has 0 saturated heterocycles. The normalized spacial score (nSPS) is 11.8. The average molecular weight is 384 g/mol. The van der Waals surface area contributed by atoms with Crippen LogP contribution in [-0.4, -0.2) is 50.5 Å². The van der Waals surface area contributed by atoms with Crippen molar-refractivity contribution in [2.45, 2.75) is 26.0 Å². The number of aliphatic hydroxyl groups is 1. The van der Waals surface area contributed by atoms with Gasteiger partial charge in [-0.2, -0.15) is 5.26 Å². The van der Waals surface area contributed by atoms with Gasteiger partial charge in [0.25, 0.3) is 0 Å². The van der Waals surface area contributed by atoms with Crippen molar-refractivity contribution in [3.05, 3.63) is 53.1 Å². The van der Waals surface area contributed by atoms with E-state index in [1.165, 1.54) is 0 Å². The summed E-state index contributed by atoms with van der Waals surface area (Å²) in [6.45, 7) is 3.37. The van der Waals surface area contributed by atoms with E-state index >= 15 is 0 Å². The van der Waals surface area contributed by atoms with Gasteiger partial charge in [-0.15, -0.1) is 0 Å². The molecular weight excluding hydrogens is 356 g/mol. The summed E-state index contributed by atoms with van der Waals surface area (Å²) < 4.78 is 16.3. The highest BCUT2D eigenvalue weighted by molar-refractivity contribution is 5.47. The van der Waals surface area contributed by atoms with Crippen LogP contribution < -0.4 is 14.2 Å². The highest BCUT2D eigenvalue weighted by atomic mass is 16.5. The highest BCUT2D eigenvalue weighted by Crippen LogP contribution is 2.30. The molecular formula is C22H28N2O4. The second-order valence-electron chi connectivity index (χ2n) is 6.77. The number of likely N-dealkylation sites (N-methyl/N-ethyl adjacent to an activating group) is 1. The van der Waals surface area contributed by atoms with Gasteiger partial charge in [-0.1, -0.05) is 12.1 Å². The molecule has 1 unspecified atom stereocenters. The summed E-state index contributed by atoms with van der Waals surface area (Å²) in [7, 11) is 5.20. The third kappa shape index (κ3) is 6.15. The highest BCUT2D eigenvalue weighted by Gasteiger charge is 2.13. The summed E-state index contributed by atoms with van der Waals surface area (Å²) in [5.74, 6) is 2.08. The van der Waals surface area contributed by atoms with Gasteiger partial charge >= 0.3 is 0 Å². The number of nitriles is 1. The quantitative estimate of drug-likeness (QED) is 0.679. The molecule has 2 aromatic carbocycles. The Balaban J connectivity index is 1.87. The fourth-order valence-corrected chi connectivity index (χ4v) is 2.95. The first-order chi connectivity index (χ1) is 13.5. The van der Waals surface area contributed by atoms with Gasteiger partial charge in [-0.3, -0.25) is 4.90 Å². The van der Waals surface area contributed by atoms with Gasteiger partial charge in [0, 0.05) is 13.1 Å². The maximum absolute atomic E-state index is 10.3. The summed E-state index contributed by atoms with van der Waals surface area (Å²) in [6, 6.07) is 13.4. The minimum absolute atomic E-state index is 0.201. The van der Waals surface area contributed by atoms with E-state index < -0.39 is 6.10 Å². The molecule has 1 N–H and O–H groups in total. The van der Waals surface area contributed by atoms with Crippen molar-refractivity contribution in [1.82, 2.24) is 4.90 Å². The van der Waals surface area contributed by atoms with Crippen LogP contribution in [0.5, 0.6) is 17.2 Å². The van der Waals surface area contributed by atoms with Crippen molar-refractivity contribution >= 4 is 0 Å². The topological polar surface area (TPSA) is 75.0 Å². The molecule has 0 aliphatic rings. The van der Waals surface area contributed by atoms with Crippen LogP contribution in [-0.2, 0) is 13.0 Å². The summed E-state index contributed by atoms with van der Waals surface area (Å²) in [5.41, 5.74) is 3.16. The van der Waals surface area contributed by atoms with Gasteiger partial charge in [0.15, 0.2) is 11.5 Å². The van der Waals surface area contributed by atoms with Crippen molar-refractivity contribution in [2.24, 2.45) is 0 Å². The fourth-order valence-electron chi connectivity index (χ4n) is 2.95. The standard InChI is InChI=1S/C22H28N2O4/c1-16-11-21(26-3)22(27-4)12-18(16)13-24(2)14-19(25)15-28-20-7-5-17(6-8-20)9-10-23/h5-8,11-12,19,25H,9,13-15H2,1-4H3. The van der Waals surface area contributed by atoms with Gasteiger partial charge in [-0.05, 0) is 54.9 Å². The number of benzene rings is 2. The zero-order valence-corrected chi connectivity index (χ0v) is 16.9. The van der Waals surface area contributed by atoms with Crippen LogP contribution in [0.15, 0.2) is 36.4 Å². The minimum atomic E-state index is -0.621. The molecule has 0 fully saturated rings. The minimum Gasteiger partial charge on any atom is -0.493 e. The van der Waals surface area contributed by atoms with Crippen molar-refractivity contribution in [3.8, 4) is 23.3 Å². The number of methoxy groups -OCH3 is 2. The molecule has 0 spiro atoms. The van der Waals surface area contributed by atoms with Crippen LogP contribution >= 0.6 is 0 Å². The maximum Gasteiger partial charge on any atom is 0.161 e. The summed E-state index contributed by atoms with van der Waals surface area (Å²) in [5, 5.41) is 19.0. The predicted octanol–water partition coefficient (Wildman–Crippen LogP) is 2.95. The SMILES string of the molecule is COc1cc(C)c(CN(C)CC(O)COc2ccc(CC#N)cc2)cc1OC. The van der Waals surface area contributed by atoms with E-state index in [1.54, 1.807) is 14.2 Å². The zero-order valence-electron chi connectivity index (χ0n) is 16.9. The van der Waals surface area contributed by atoms with Crippen molar-refractivity contribution in [3.63, 3.8) is 0 Å². The lowest BCUT2D eigenvalue weighted by molar-refractivity contribution is 0.0743. The molecule has 150 valence electrons. The Hall–Kier alpha value is -2.75. The molecule has 1 atom stereocenters. The largest absolute Gasteiger partial charge is 0.493 e. The Morgan fingerprint density at radius 2 is 1.75 bits per heavy atom. The van der Waals surface area contributed by atoms with Gasteiger partial charge in [0.2, 0.25) is 0 Å². The van der Waals surface area contributed by atoms with Crippen LogP contribution in [0, 0.1) is 18.3 Å². The Morgan fingerprint density at radius 1 is 1.11 bits per heavy atom. The van der Waals surface area contributed by atoms with Gasteiger partial charge in [0.05, 0.1) is 26.7 Å². The van der Waals surface area contributed by atoms with Gasteiger partial charge in [-0.25, -0.2) is 0 Å². The maximum atomic E-state index is 10.3. The van der Waals surface area contributed by atoms with Crippen molar-refractivity contribution in [2.75, 3.05) is 34.4 Å². The van der Waals surface area contributed by atoms with E-state index in [0.717, 1.165) is 16.7 Å². The second kappa shape index (κ2) is 10.5. The lowest BCUT2D eigenvalue weighted by atomic mass is 10.1. The molecule has 0 aromatic heterocycles. The number of ether oxygens (including phenoxy) is 3. The van der Waals surface area contributed by atoms with Crippen LogP contribution in [0.3, 0.4) is 0 Å². The molecule has 6 heteroatoms. The van der Waals surface area contributed by atoms with E-state index in [0.29, 0.717) is 36.8 Å².